The van der Waals surface area contributed by atoms with Gasteiger partial charge >= 0.3 is 7.60 Å². The summed E-state index contributed by atoms with van der Waals surface area (Å²) in [7, 11) is -4.36. The predicted octanol–water partition coefficient (Wildman–Crippen LogP) is 3.36. The van der Waals surface area contributed by atoms with E-state index in [0.717, 1.165) is 16.8 Å². The van der Waals surface area contributed by atoms with Crippen LogP contribution < -0.4 is 10.8 Å². The van der Waals surface area contributed by atoms with E-state index in [4.69, 9.17) is 14.2 Å². The summed E-state index contributed by atoms with van der Waals surface area (Å²) < 4.78 is 16.5. The Morgan fingerprint density at radius 2 is 1.74 bits per heavy atom. The third kappa shape index (κ3) is 3.90. The van der Waals surface area contributed by atoms with Crippen LogP contribution in [0.3, 0.4) is 0 Å². The summed E-state index contributed by atoms with van der Waals surface area (Å²) in [5.74, 6) is 0.435. The van der Waals surface area contributed by atoms with E-state index in [1.54, 1.807) is 6.07 Å². The number of hydrogen-bond acceptors (Lipinski definition) is 3. The average Bonchev–Trinajstić information content (AvgIpc) is 3.05. The van der Waals surface area contributed by atoms with Gasteiger partial charge in [0.05, 0.1) is 0 Å². The van der Waals surface area contributed by atoms with Crippen molar-refractivity contribution in [1.82, 2.24) is 0 Å². The fraction of sp³-hybridized carbons (Fsp3) is 0.0588. The summed E-state index contributed by atoms with van der Waals surface area (Å²) in [6, 6.07) is 20.4. The SMILES string of the molecule is O=P(O)(O)c1ccc(-c2cccc(CNc3ccccc3)c2)o1. The lowest BCUT2D eigenvalue weighted by molar-refractivity contribution is 0.377. The number of hydrogen-bond donors (Lipinski definition) is 3. The van der Waals surface area contributed by atoms with Crippen LogP contribution in [0.1, 0.15) is 5.56 Å². The zero-order chi connectivity index (χ0) is 16.3. The Balaban J connectivity index is 1.77. The number of anilines is 1. The van der Waals surface area contributed by atoms with E-state index in [9.17, 15) is 4.57 Å². The third-order valence-electron chi connectivity index (χ3n) is 3.36. The highest BCUT2D eigenvalue weighted by molar-refractivity contribution is 7.59. The smallest absolute Gasteiger partial charge is 0.391 e. The largest absolute Gasteiger partial charge is 0.448 e. The first-order valence-corrected chi connectivity index (χ1v) is 8.68. The molecule has 1 aromatic heterocycles. The van der Waals surface area contributed by atoms with Crippen molar-refractivity contribution in [2.75, 3.05) is 5.32 Å². The van der Waals surface area contributed by atoms with Crippen LogP contribution in [0.2, 0.25) is 0 Å². The van der Waals surface area contributed by atoms with Crippen LogP contribution >= 0.6 is 7.60 Å². The number of nitrogens with one attached hydrogen (secondary N) is 1. The van der Waals surface area contributed by atoms with Crippen LogP contribution in [0.25, 0.3) is 11.3 Å². The van der Waals surface area contributed by atoms with Gasteiger partial charge < -0.3 is 19.5 Å². The molecule has 0 atom stereocenters. The fourth-order valence-corrected chi connectivity index (χ4v) is 2.72. The number of rotatable bonds is 5. The molecule has 0 unspecified atom stereocenters. The van der Waals surface area contributed by atoms with Gasteiger partial charge in [0, 0.05) is 17.8 Å². The molecule has 0 spiro atoms. The van der Waals surface area contributed by atoms with Gasteiger partial charge in [-0.3, -0.25) is 4.57 Å². The third-order valence-corrected chi connectivity index (χ3v) is 4.18. The minimum Gasteiger partial charge on any atom is -0.448 e. The topological polar surface area (TPSA) is 82.7 Å². The molecular weight excluding hydrogens is 313 g/mol. The summed E-state index contributed by atoms with van der Waals surface area (Å²) in [5, 5.41) is 3.31. The van der Waals surface area contributed by atoms with Crippen molar-refractivity contribution in [3.63, 3.8) is 0 Å². The molecule has 0 fully saturated rings. The van der Waals surface area contributed by atoms with Gasteiger partial charge in [-0.2, -0.15) is 0 Å². The van der Waals surface area contributed by atoms with E-state index < -0.39 is 7.60 Å². The van der Waals surface area contributed by atoms with Crippen LogP contribution in [0, 0.1) is 0 Å². The lowest BCUT2D eigenvalue weighted by Gasteiger charge is -2.07. The molecule has 118 valence electrons. The Bertz CT molecular complexity index is 839. The Kier molecular flexibility index (Phi) is 4.35. The molecule has 5 nitrogen and oxygen atoms in total. The maximum Gasteiger partial charge on any atom is 0.391 e. The molecule has 6 heteroatoms. The predicted molar refractivity (Wildman–Crippen MR) is 89.6 cm³/mol. The normalized spacial score (nSPS) is 11.4. The molecule has 2 aromatic carbocycles. The maximum atomic E-state index is 11.2. The summed E-state index contributed by atoms with van der Waals surface area (Å²) >= 11 is 0. The molecule has 23 heavy (non-hydrogen) atoms. The Labute approximate surface area is 133 Å². The average molecular weight is 329 g/mol. The Morgan fingerprint density at radius 1 is 0.957 bits per heavy atom. The van der Waals surface area contributed by atoms with Crippen LogP contribution in [0.15, 0.2) is 71.1 Å². The first-order chi connectivity index (χ1) is 11.0. The van der Waals surface area contributed by atoms with Gasteiger partial charge in [-0.1, -0.05) is 36.4 Å². The molecule has 0 saturated carbocycles. The van der Waals surface area contributed by atoms with Gasteiger partial charge in [0.2, 0.25) is 5.50 Å². The molecule has 0 aliphatic rings. The maximum absolute atomic E-state index is 11.2. The first kappa shape index (κ1) is 15.6. The van der Waals surface area contributed by atoms with Crippen LogP contribution in [0.4, 0.5) is 5.69 Å². The van der Waals surface area contributed by atoms with Gasteiger partial charge in [-0.05, 0) is 35.9 Å². The van der Waals surface area contributed by atoms with Crippen molar-refractivity contribution in [1.29, 1.82) is 0 Å². The van der Waals surface area contributed by atoms with Gasteiger partial charge in [-0.15, -0.1) is 0 Å². The van der Waals surface area contributed by atoms with Crippen molar-refractivity contribution < 1.29 is 18.8 Å². The molecule has 0 amide bonds. The second-order valence-electron chi connectivity index (χ2n) is 5.10. The number of benzene rings is 2. The van der Waals surface area contributed by atoms with Crippen molar-refractivity contribution in [3.05, 3.63) is 72.3 Å². The van der Waals surface area contributed by atoms with E-state index in [2.05, 4.69) is 5.32 Å². The number of para-hydroxylation sites is 1. The zero-order valence-electron chi connectivity index (χ0n) is 12.2. The summed E-state index contributed by atoms with van der Waals surface area (Å²) in [6.07, 6.45) is 0. The molecule has 3 aromatic rings. The van der Waals surface area contributed by atoms with E-state index in [0.29, 0.717) is 12.3 Å². The first-order valence-electron chi connectivity index (χ1n) is 7.06. The highest BCUT2D eigenvalue weighted by Gasteiger charge is 2.22. The van der Waals surface area contributed by atoms with Crippen molar-refractivity contribution >= 4 is 18.8 Å². The minimum absolute atomic E-state index is 0.319. The molecule has 0 bridgehead atoms. The van der Waals surface area contributed by atoms with Gasteiger partial charge in [-0.25, -0.2) is 0 Å². The minimum atomic E-state index is -4.36. The van der Waals surface area contributed by atoms with E-state index in [1.165, 1.54) is 6.07 Å². The highest BCUT2D eigenvalue weighted by Crippen LogP contribution is 2.35. The fourth-order valence-electron chi connectivity index (χ4n) is 2.23. The molecule has 0 radical (unpaired) electrons. The molecular formula is C17H16NO4P. The Morgan fingerprint density at radius 3 is 2.43 bits per heavy atom. The molecule has 1 heterocycles. The van der Waals surface area contributed by atoms with E-state index in [-0.39, 0.29) is 5.50 Å². The van der Waals surface area contributed by atoms with Crippen LogP contribution in [0.5, 0.6) is 0 Å². The highest BCUT2D eigenvalue weighted by atomic mass is 31.2. The van der Waals surface area contributed by atoms with Crippen LogP contribution in [-0.4, -0.2) is 9.79 Å². The molecule has 0 aliphatic carbocycles. The molecule has 3 rings (SSSR count). The van der Waals surface area contributed by atoms with Gasteiger partial charge in [0.25, 0.3) is 0 Å². The standard InChI is InChI=1S/C17H16NO4P/c19-23(20,21)17-10-9-16(22-17)14-6-4-5-13(11-14)12-18-15-7-2-1-3-8-15/h1-11,18H,12H2,(H2,19,20,21). The summed E-state index contributed by atoms with van der Waals surface area (Å²) in [4.78, 5) is 18.2. The van der Waals surface area contributed by atoms with Crippen molar-refractivity contribution in [2.45, 2.75) is 6.54 Å². The van der Waals surface area contributed by atoms with Crippen molar-refractivity contribution in [3.8, 4) is 11.3 Å². The Hall–Kier alpha value is -2.33. The van der Waals surface area contributed by atoms with Crippen LogP contribution in [-0.2, 0) is 11.1 Å². The lowest BCUT2D eigenvalue weighted by atomic mass is 10.1. The molecule has 0 saturated heterocycles. The van der Waals surface area contributed by atoms with Crippen molar-refractivity contribution in [2.24, 2.45) is 0 Å². The van der Waals surface area contributed by atoms with Gasteiger partial charge in [0.15, 0.2) is 0 Å². The zero-order valence-corrected chi connectivity index (χ0v) is 13.1. The monoisotopic (exact) mass is 329 g/mol. The second-order valence-corrected chi connectivity index (χ2v) is 6.63. The molecule has 3 N–H and O–H groups in total. The molecule has 0 aliphatic heterocycles. The quantitative estimate of drug-likeness (QED) is 0.625. The number of furan rings is 1. The lowest BCUT2D eigenvalue weighted by Crippen LogP contribution is -1.99. The second kappa shape index (κ2) is 6.42. The summed E-state index contributed by atoms with van der Waals surface area (Å²) in [5.41, 5.74) is 2.53. The van der Waals surface area contributed by atoms with E-state index >= 15 is 0 Å². The van der Waals surface area contributed by atoms with Gasteiger partial charge in [0.1, 0.15) is 5.76 Å². The van der Waals surface area contributed by atoms with E-state index in [1.807, 2.05) is 54.6 Å². The summed E-state index contributed by atoms with van der Waals surface area (Å²) in [6.45, 7) is 0.643.